The molecule has 35 heavy (non-hydrogen) atoms. The van der Waals surface area contributed by atoms with E-state index in [1.165, 1.54) is 21.3 Å². The first kappa shape index (κ1) is 26.0. The van der Waals surface area contributed by atoms with Crippen LogP contribution >= 0.6 is 0 Å². The molecule has 0 fully saturated rings. The average Bonchev–Trinajstić information content (AvgIpc) is 3.03. The highest BCUT2D eigenvalue weighted by Crippen LogP contribution is 2.57. The normalized spacial score (nSPS) is 14.1. The van der Waals surface area contributed by atoms with Crippen molar-refractivity contribution >= 4 is 5.97 Å². The summed E-state index contributed by atoms with van der Waals surface area (Å²) >= 11 is 0. The van der Waals surface area contributed by atoms with Crippen molar-refractivity contribution in [2.45, 2.75) is 25.9 Å². The van der Waals surface area contributed by atoms with Crippen LogP contribution in [0.15, 0.2) is 18.7 Å². The van der Waals surface area contributed by atoms with E-state index in [0.717, 1.165) is 5.56 Å². The summed E-state index contributed by atoms with van der Waals surface area (Å²) in [6, 6.07) is 1.55. The van der Waals surface area contributed by atoms with Crippen molar-refractivity contribution < 1.29 is 38.0 Å². The molecule has 2 aromatic rings. The molecule has 1 unspecified atom stereocenters. The van der Waals surface area contributed by atoms with Crippen LogP contribution in [0.25, 0.3) is 11.1 Å². The van der Waals surface area contributed by atoms with E-state index in [1.54, 1.807) is 34.3 Å². The number of ether oxygens (including phenoxy) is 7. The first-order valence-electron chi connectivity index (χ1n) is 11.2. The smallest absolute Gasteiger partial charge is 0.342 e. The molecule has 1 heterocycles. The summed E-state index contributed by atoms with van der Waals surface area (Å²) in [5.41, 5.74) is 3.02. The van der Waals surface area contributed by atoms with Crippen LogP contribution < -0.4 is 33.7 Å². The summed E-state index contributed by atoms with van der Waals surface area (Å²) in [7, 11) is 9.16. The number of methoxy groups -OCH3 is 6. The minimum Gasteiger partial charge on any atom is -0.493 e. The summed E-state index contributed by atoms with van der Waals surface area (Å²) in [4.78, 5) is 13.4. The third kappa shape index (κ3) is 4.32. The minimum atomic E-state index is -0.541. The molecule has 190 valence electrons. The highest BCUT2D eigenvalue weighted by atomic mass is 16.5. The highest BCUT2D eigenvalue weighted by molar-refractivity contribution is 6.02. The van der Waals surface area contributed by atoms with Gasteiger partial charge in [0.2, 0.25) is 11.5 Å². The molecule has 1 aliphatic rings. The lowest BCUT2D eigenvalue weighted by Crippen LogP contribution is -2.23. The highest BCUT2D eigenvalue weighted by Gasteiger charge is 2.39. The number of hydrogen-bond acceptors (Lipinski definition) is 9. The van der Waals surface area contributed by atoms with E-state index in [4.69, 9.17) is 33.2 Å². The van der Waals surface area contributed by atoms with E-state index < -0.39 is 5.97 Å². The van der Waals surface area contributed by atoms with E-state index in [0.29, 0.717) is 52.7 Å². The third-order valence-corrected chi connectivity index (χ3v) is 5.95. The Morgan fingerprint density at radius 2 is 1.51 bits per heavy atom. The molecule has 3 rings (SSSR count). The van der Waals surface area contributed by atoms with Crippen LogP contribution in [0.3, 0.4) is 0 Å². The summed E-state index contributed by atoms with van der Waals surface area (Å²) in [5.74, 6) is 1.69. The standard InChI is InChI=1S/C26H33NO8/c1-9-11-15-18-19(17-14(13-27-15)12-16(29-3)21(30-4)22(17)31-5)23(32-6)25(34-8)24(33-7)20(18)26(28)35-10-2/h9,12,15,27H,1,10-11,13H2,2-8H3. The van der Waals surface area contributed by atoms with Gasteiger partial charge in [0.05, 0.1) is 49.3 Å². The van der Waals surface area contributed by atoms with Crippen molar-refractivity contribution in [3.05, 3.63) is 35.4 Å². The molecule has 0 bridgehead atoms. The summed E-state index contributed by atoms with van der Waals surface area (Å²) in [6.45, 7) is 6.30. The van der Waals surface area contributed by atoms with Gasteiger partial charge in [0.25, 0.3) is 0 Å². The predicted molar refractivity (Wildman–Crippen MR) is 132 cm³/mol. The third-order valence-electron chi connectivity index (χ3n) is 5.95. The zero-order valence-corrected chi connectivity index (χ0v) is 21.3. The number of carbonyl (C=O) groups is 1. The van der Waals surface area contributed by atoms with Gasteiger partial charge in [-0.1, -0.05) is 6.08 Å². The van der Waals surface area contributed by atoms with Crippen molar-refractivity contribution in [3.63, 3.8) is 0 Å². The van der Waals surface area contributed by atoms with Crippen LogP contribution in [0.4, 0.5) is 0 Å². The number of nitrogens with one attached hydrogen (secondary N) is 1. The van der Waals surface area contributed by atoms with E-state index in [9.17, 15) is 4.79 Å². The Bertz CT molecular complexity index is 1110. The summed E-state index contributed by atoms with van der Waals surface area (Å²) in [6.07, 6.45) is 2.30. The van der Waals surface area contributed by atoms with Crippen molar-refractivity contribution in [3.8, 4) is 45.6 Å². The van der Waals surface area contributed by atoms with E-state index in [1.807, 2.05) is 6.07 Å². The molecule has 0 radical (unpaired) electrons. The summed E-state index contributed by atoms with van der Waals surface area (Å²) in [5, 5.41) is 3.53. The van der Waals surface area contributed by atoms with Gasteiger partial charge in [-0.2, -0.15) is 0 Å². The van der Waals surface area contributed by atoms with Gasteiger partial charge in [0.15, 0.2) is 23.0 Å². The fourth-order valence-corrected chi connectivity index (χ4v) is 4.60. The lowest BCUT2D eigenvalue weighted by molar-refractivity contribution is 0.0519. The number of esters is 1. The SMILES string of the molecule is C=CCC1NCc2cc(OC)c(OC)c(OC)c2-c2c(OC)c(OC)c(OC)c(C(=O)OCC)c21. The molecule has 0 spiro atoms. The van der Waals surface area contributed by atoms with Crippen LogP contribution in [-0.4, -0.2) is 55.2 Å². The van der Waals surface area contributed by atoms with Crippen molar-refractivity contribution in [2.24, 2.45) is 0 Å². The number of fused-ring (bicyclic) bond motifs is 3. The maximum Gasteiger partial charge on any atom is 0.342 e. The maximum absolute atomic E-state index is 13.4. The van der Waals surface area contributed by atoms with Gasteiger partial charge in [-0.3, -0.25) is 0 Å². The first-order chi connectivity index (χ1) is 17.0. The lowest BCUT2D eigenvalue weighted by Gasteiger charge is -2.27. The second kappa shape index (κ2) is 11.2. The minimum absolute atomic E-state index is 0.190. The number of carbonyl (C=O) groups excluding carboxylic acids is 1. The van der Waals surface area contributed by atoms with Crippen molar-refractivity contribution in [1.82, 2.24) is 5.32 Å². The number of rotatable bonds is 10. The fraction of sp³-hybridized carbons (Fsp3) is 0.423. The molecule has 2 aromatic carbocycles. The van der Waals surface area contributed by atoms with Gasteiger partial charge in [0, 0.05) is 23.7 Å². The number of benzene rings is 2. The van der Waals surface area contributed by atoms with Gasteiger partial charge >= 0.3 is 5.97 Å². The second-order valence-electron chi connectivity index (χ2n) is 7.62. The van der Waals surface area contributed by atoms with E-state index in [2.05, 4.69) is 11.9 Å². The Morgan fingerprint density at radius 1 is 0.914 bits per heavy atom. The number of hydrogen-bond donors (Lipinski definition) is 1. The molecule has 0 saturated carbocycles. The zero-order valence-electron chi connectivity index (χ0n) is 21.3. The quantitative estimate of drug-likeness (QED) is 0.389. The van der Waals surface area contributed by atoms with E-state index >= 15 is 0 Å². The Morgan fingerprint density at radius 3 is 2.03 bits per heavy atom. The lowest BCUT2D eigenvalue weighted by atomic mass is 9.86. The van der Waals surface area contributed by atoms with Gasteiger partial charge in [-0.25, -0.2) is 4.79 Å². The largest absolute Gasteiger partial charge is 0.493 e. The second-order valence-corrected chi connectivity index (χ2v) is 7.62. The zero-order chi connectivity index (χ0) is 25.7. The van der Waals surface area contributed by atoms with Crippen LogP contribution in [0.5, 0.6) is 34.5 Å². The fourth-order valence-electron chi connectivity index (χ4n) is 4.60. The van der Waals surface area contributed by atoms with Crippen molar-refractivity contribution in [1.29, 1.82) is 0 Å². The van der Waals surface area contributed by atoms with Gasteiger partial charge in [-0.15, -0.1) is 6.58 Å². The van der Waals surface area contributed by atoms with Gasteiger partial charge < -0.3 is 38.5 Å². The van der Waals surface area contributed by atoms with Gasteiger partial charge in [-0.05, 0) is 30.5 Å². The van der Waals surface area contributed by atoms with E-state index in [-0.39, 0.29) is 29.7 Å². The molecule has 1 atom stereocenters. The Kier molecular flexibility index (Phi) is 8.34. The molecule has 0 saturated heterocycles. The topological polar surface area (TPSA) is 93.7 Å². The molecule has 1 N–H and O–H groups in total. The summed E-state index contributed by atoms with van der Waals surface area (Å²) < 4.78 is 39.9. The molecule has 0 amide bonds. The molecule has 9 heteroatoms. The molecule has 9 nitrogen and oxygen atoms in total. The van der Waals surface area contributed by atoms with Crippen LogP contribution in [-0.2, 0) is 11.3 Å². The Balaban J connectivity index is 2.64. The van der Waals surface area contributed by atoms with Gasteiger partial charge in [0.1, 0.15) is 5.56 Å². The van der Waals surface area contributed by atoms with Crippen LogP contribution in [0.1, 0.15) is 40.9 Å². The molecular weight excluding hydrogens is 454 g/mol. The first-order valence-corrected chi connectivity index (χ1v) is 11.2. The molecule has 0 aliphatic carbocycles. The monoisotopic (exact) mass is 487 g/mol. The molecule has 1 aliphatic heterocycles. The molecular formula is C26H33NO8. The Hall–Kier alpha value is -3.59. The average molecular weight is 488 g/mol. The van der Waals surface area contributed by atoms with Crippen molar-refractivity contribution in [2.75, 3.05) is 49.3 Å². The van der Waals surface area contributed by atoms with Crippen LogP contribution in [0.2, 0.25) is 0 Å². The predicted octanol–water partition coefficient (Wildman–Crippen LogP) is 4.30. The van der Waals surface area contributed by atoms with Crippen LogP contribution in [0, 0.1) is 0 Å². The Labute approximate surface area is 205 Å². The molecule has 0 aromatic heterocycles. The maximum atomic E-state index is 13.4.